The summed E-state index contributed by atoms with van der Waals surface area (Å²) < 4.78 is 10.7. The molecule has 2 rings (SSSR count). The average Bonchev–Trinajstić information content (AvgIpc) is 2.71. The summed E-state index contributed by atoms with van der Waals surface area (Å²) in [4.78, 5) is 6.55. The summed E-state index contributed by atoms with van der Waals surface area (Å²) in [6, 6.07) is 14.8. The van der Waals surface area contributed by atoms with Gasteiger partial charge in [-0.2, -0.15) is 0 Å². The van der Waals surface area contributed by atoms with Gasteiger partial charge in [0.1, 0.15) is 0 Å². The van der Waals surface area contributed by atoms with Crippen LogP contribution in [0.2, 0.25) is 0 Å². The van der Waals surface area contributed by atoms with E-state index in [0.717, 1.165) is 29.6 Å². The van der Waals surface area contributed by atoms with Gasteiger partial charge in [0.15, 0.2) is 17.5 Å². The SMILES string of the molecule is CN=C(NCc1ccc(OC)c(OC)c1)NCC(c1ccc(C)cc1)N(C)C.I. The van der Waals surface area contributed by atoms with E-state index >= 15 is 0 Å². The number of nitrogens with zero attached hydrogens (tertiary/aromatic N) is 2. The van der Waals surface area contributed by atoms with Crippen molar-refractivity contribution in [3.8, 4) is 11.5 Å². The third kappa shape index (κ3) is 7.40. The number of ether oxygens (including phenoxy) is 2. The highest BCUT2D eigenvalue weighted by molar-refractivity contribution is 14.0. The van der Waals surface area contributed by atoms with Crippen LogP contribution >= 0.6 is 24.0 Å². The zero-order valence-electron chi connectivity index (χ0n) is 18.2. The molecule has 0 fully saturated rings. The summed E-state index contributed by atoms with van der Waals surface area (Å²) in [6.45, 7) is 3.49. The van der Waals surface area contributed by atoms with E-state index in [0.29, 0.717) is 6.54 Å². The maximum Gasteiger partial charge on any atom is 0.191 e. The minimum absolute atomic E-state index is 0. The Bertz CT molecular complexity index is 779. The molecule has 2 N–H and O–H groups in total. The van der Waals surface area contributed by atoms with Crippen LogP contribution in [0, 0.1) is 6.92 Å². The van der Waals surface area contributed by atoms with Crippen molar-refractivity contribution in [2.75, 3.05) is 41.9 Å². The van der Waals surface area contributed by atoms with Crippen molar-refractivity contribution in [3.63, 3.8) is 0 Å². The maximum absolute atomic E-state index is 5.37. The fraction of sp³-hybridized carbons (Fsp3) is 0.409. The zero-order valence-corrected chi connectivity index (χ0v) is 20.5. The second-order valence-electron chi connectivity index (χ2n) is 6.89. The number of halogens is 1. The van der Waals surface area contributed by atoms with Crippen LogP contribution in [0.3, 0.4) is 0 Å². The van der Waals surface area contributed by atoms with Crippen LogP contribution in [0.4, 0.5) is 0 Å². The molecular formula is C22H33IN4O2. The van der Waals surface area contributed by atoms with E-state index in [9.17, 15) is 0 Å². The van der Waals surface area contributed by atoms with Gasteiger partial charge in [0.25, 0.3) is 0 Å². The van der Waals surface area contributed by atoms with Crippen molar-refractivity contribution >= 4 is 29.9 Å². The van der Waals surface area contributed by atoms with Crippen LogP contribution in [0.1, 0.15) is 22.7 Å². The van der Waals surface area contributed by atoms with E-state index in [4.69, 9.17) is 9.47 Å². The first kappa shape index (κ1) is 25.0. The number of nitrogens with one attached hydrogen (secondary N) is 2. The first-order valence-corrected chi connectivity index (χ1v) is 9.37. The van der Waals surface area contributed by atoms with Gasteiger partial charge in [-0.3, -0.25) is 4.99 Å². The van der Waals surface area contributed by atoms with Gasteiger partial charge in [-0.05, 0) is 44.3 Å². The molecule has 0 saturated heterocycles. The number of methoxy groups -OCH3 is 2. The van der Waals surface area contributed by atoms with Gasteiger partial charge in [0.2, 0.25) is 0 Å². The molecule has 0 amide bonds. The fourth-order valence-corrected chi connectivity index (χ4v) is 2.98. The van der Waals surface area contributed by atoms with E-state index < -0.39 is 0 Å². The fourth-order valence-electron chi connectivity index (χ4n) is 2.98. The van der Waals surface area contributed by atoms with Crippen LogP contribution < -0.4 is 20.1 Å². The Morgan fingerprint density at radius 1 is 1.00 bits per heavy atom. The largest absolute Gasteiger partial charge is 0.493 e. The van der Waals surface area contributed by atoms with E-state index in [1.807, 2.05) is 18.2 Å². The molecule has 0 aliphatic rings. The zero-order chi connectivity index (χ0) is 20.5. The lowest BCUT2D eigenvalue weighted by molar-refractivity contribution is 0.298. The molecule has 0 saturated carbocycles. The van der Waals surface area contributed by atoms with Crippen LogP contribution in [0.5, 0.6) is 11.5 Å². The molecule has 0 aromatic heterocycles. The first-order valence-electron chi connectivity index (χ1n) is 9.37. The number of aryl methyl sites for hydroxylation is 1. The van der Waals surface area contributed by atoms with Gasteiger partial charge >= 0.3 is 0 Å². The maximum atomic E-state index is 5.37. The van der Waals surface area contributed by atoms with E-state index in [1.54, 1.807) is 21.3 Å². The molecule has 0 radical (unpaired) electrons. The van der Waals surface area contributed by atoms with Gasteiger partial charge in [0, 0.05) is 20.1 Å². The molecule has 2 aromatic carbocycles. The molecule has 0 bridgehead atoms. The molecular weight excluding hydrogens is 479 g/mol. The predicted octanol–water partition coefficient (Wildman–Crippen LogP) is 3.60. The quantitative estimate of drug-likeness (QED) is 0.322. The monoisotopic (exact) mass is 512 g/mol. The first-order chi connectivity index (χ1) is 13.5. The summed E-state index contributed by atoms with van der Waals surface area (Å²) in [6.07, 6.45) is 0. The molecule has 0 spiro atoms. The number of rotatable bonds is 8. The van der Waals surface area contributed by atoms with Crippen molar-refractivity contribution in [2.24, 2.45) is 4.99 Å². The van der Waals surface area contributed by atoms with Gasteiger partial charge in [-0.15, -0.1) is 24.0 Å². The Morgan fingerprint density at radius 3 is 2.21 bits per heavy atom. The second-order valence-corrected chi connectivity index (χ2v) is 6.89. The van der Waals surface area contributed by atoms with E-state index in [2.05, 4.69) is 65.8 Å². The number of hydrogen-bond acceptors (Lipinski definition) is 4. The van der Waals surface area contributed by atoms with Gasteiger partial charge in [-0.1, -0.05) is 35.9 Å². The Labute approximate surface area is 191 Å². The Hall–Kier alpha value is -2.00. The highest BCUT2D eigenvalue weighted by Gasteiger charge is 2.14. The molecule has 6 nitrogen and oxygen atoms in total. The molecule has 160 valence electrons. The minimum Gasteiger partial charge on any atom is -0.493 e. The van der Waals surface area contributed by atoms with Crippen molar-refractivity contribution in [1.82, 2.24) is 15.5 Å². The third-order valence-corrected chi connectivity index (χ3v) is 4.68. The number of guanidine groups is 1. The molecule has 29 heavy (non-hydrogen) atoms. The summed E-state index contributed by atoms with van der Waals surface area (Å²) in [7, 11) is 9.23. The van der Waals surface area contributed by atoms with Crippen molar-refractivity contribution in [3.05, 3.63) is 59.2 Å². The molecule has 0 heterocycles. The molecule has 1 unspecified atom stereocenters. The highest BCUT2D eigenvalue weighted by atomic mass is 127. The summed E-state index contributed by atoms with van der Waals surface area (Å²) >= 11 is 0. The Balaban J connectivity index is 0.00000420. The van der Waals surface area contributed by atoms with Crippen LogP contribution in [-0.2, 0) is 6.54 Å². The Kier molecular flexibility index (Phi) is 10.8. The summed E-state index contributed by atoms with van der Waals surface area (Å²) in [5.74, 6) is 2.20. The summed E-state index contributed by atoms with van der Waals surface area (Å²) in [5.41, 5.74) is 3.63. The normalized spacial score (nSPS) is 12.2. The lowest BCUT2D eigenvalue weighted by Crippen LogP contribution is -2.41. The smallest absolute Gasteiger partial charge is 0.191 e. The Morgan fingerprint density at radius 2 is 1.66 bits per heavy atom. The third-order valence-electron chi connectivity index (χ3n) is 4.68. The highest BCUT2D eigenvalue weighted by Crippen LogP contribution is 2.27. The standard InChI is InChI=1S/C22H32N4O2.HI/c1-16-7-10-18(11-8-16)19(26(3)4)15-25-22(23-2)24-14-17-9-12-20(27-5)21(13-17)28-6;/h7-13,19H,14-15H2,1-6H3,(H2,23,24,25);1H. The second kappa shape index (κ2) is 12.5. The predicted molar refractivity (Wildman–Crippen MR) is 131 cm³/mol. The number of aliphatic imine (C=N–C) groups is 1. The van der Waals surface area contributed by atoms with Crippen LogP contribution in [-0.4, -0.2) is 52.8 Å². The van der Waals surface area contributed by atoms with Gasteiger partial charge < -0.3 is 25.0 Å². The topological polar surface area (TPSA) is 58.1 Å². The van der Waals surface area contributed by atoms with E-state index in [1.165, 1.54) is 11.1 Å². The minimum atomic E-state index is 0. The lowest BCUT2D eigenvalue weighted by Gasteiger charge is -2.26. The van der Waals surface area contributed by atoms with Gasteiger partial charge in [-0.25, -0.2) is 0 Å². The van der Waals surface area contributed by atoms with Crippen LogP contribution in [0.25, 0.3) is 0 Å². The lowest BCUT2D eigenvalue weighted by atomic mass is 10.0. The molecule has 0 aliphatic heterocycles. The van der Waals surface area contributed by atoms with E-state index in [-0.39, 0.29) is 30.0 Å². The molecule has 0 aliphatic carbocycles. The van der Waals surface area contributed by atoms with Gasteiger partial charge in [0.05, 0.1) is 20.3 Å². The molecule has 1 atom stereocenters. The molecule has 7 heteroatoms. The summed E-state index contributed by atoms with van der Waals surface area (Å²) in [5, 5.41) is 6.78. The van der Waals surface area contributed by atoms with Crippen molar-refractivity contribution in [1.29, 1.82) is 0 Å². The average molecular weight is 512 g/mol. The number of likely N-dealkylation sites (N-methyl/N-ethyl adjacent to an activating group) is 1. The number of hydrogen-bond donors (Lipinski definition) is 2. The van der Waals surface area contributed by atoms with Crippen molar-refractivity contribution in [2.45, 2.75) is 19.5 Å². The number of benzene rings is 2. The molecule has 2 aromatic rings. The van der Waals surface area contributed by atoms with Crippen molar-refractivity contribution < 1.29 is 9.47 Å². The van der Waals surface area contributed by atoms with Crippen LogP contribution in [0.15, 0.2) is 47.5 Å².